The molecule has 3 rings (SSSR count). The van der Waals surface area contributed by atoms with Gasteiger partial charge in [-0.3, -0.25) is 0 Å². The van der Waals surface area contributed by atoms with E-state index in [0.29, 0.717) is 5.65 Å². The van der Waals surface area contributed by atoms with E-state index in [1.807, 2.05) is 0 Å². The summed E-state index contributed by atoms with van der Waals surface area (Å²) in [5.41, 5.74) is 4.25. The van der Waals surface area contributed by atoms with Crippen LogP contribution in [0.15, 0.2) is 36.9 Å². The van der Waals surface area contributed by atoms with Crippen molar-refractivity contribution in [2.24, 2.45) is 0 Å². The van der Waals surface area contributed by atoms with E-state index in [4.69, 9.17) is 0 Å². The summed E-state index contributed by atoms with van der Waals surface area (Å²) >= 11 is 0. The number of H-pyrrole nitrogens is 1. The second-order valence-corrected chi connectivity index (χ2v) is 6.12. The van der Waals surface area contributed by atoms with Crippen LogP contribution in [-0.2, 0) is 12.0 Å². The Morgan fingerprint density at radius 1 is 1.05 bits per heavy atom. The number of aromatic amines is 1. The van der Waals surface area contributed by atoms with Crippen LogP contribution in [0, 0.1) is 0 Å². The molecule has 2 N–H and O–H groups in total. The Kier molecular flexibility index (Phi) is 3.33. The quantitative estimate of drug-likeness (QED) is 0.773. The number of aromatic nitrogens is 4. The van der Waals surface area contributed by atoms with Crippen LogP contribution in [0.3, 0.4) is 0 Å². The molecule has 108 valence electrons. The molecule has 0 aliphatic heterocycles. The van der Waals surface area contributed by atoms with Gasteiger partial charge in [0.1, 0.15) is 11.8 Å². The van der Waals surface area contributed by atoms with E-state index < -0.39 is 0 Å². The van der Waals surface area contributed by atoms with Crippen molar-refractivity contribution in [1.82, 2.24) is 19.9 Å². The van der Waals surface area contributed by atoms with Gasteiger partial charge in [-0.2, -0.15) is 0 Å². The standard InChI is InChI=1S/C16H19N5/c1-16(2,3)12-6-4-11(5-7-12)8-17-14-13-15(19-9-18-13)21-10-20-14/h4-7,9-10H,8H2,1-3H3,(H2,17,18,19,20,21). The molecule has 2 heterocycles. The molecule has 0 saturated carbocycles. The second kappa shape index (κ2) is 5.16. The molecule has 0 atom stereocenters. The normalized spacial score (nSPS) is 11.8. The highest BCUT2D eigenvalue weighted by Gasteiger charge is 2.12. The van der Waals surface area contributed by atoms with Crippen molar-refractivity contribution in [2.75, 3.05) is 5.32 Å². The molecule has 0 spiro atoms. The molecule has 0 aliphatic rings. The Balaban J connectivity index is 1.74. The minimum absolute atomic E-state index is 0.181. The van der Waals surface area contributed by atoms with Crippen molar-refractivity contribution < 1.29 is 0 Å². The van der Waals surface area contributed by atoms with Gasteiger partial charge in [0, 0.05) is 6.54 Å². The number of nitrogens with one attached hydrogen (secondary N) is 2. The van der Waals surface area contributed by atoms with E-state index in [9.17, 15) is 0 Å². The van der Waals surface area contributed by atoms with Crippen LogP contribution in [0.5, 0.6) is 0 Å². The van der Waals surface area contributed by atoms with Gasteiger partial charge in [-0.15, -0.1) is 0 Å². The van der Waals surface area contributed by atoms with Gasteiger partial charge in [0.25, 0.3) is 0 Å². The highest BCUT2D eigenvalue weighted by Crippen LogP contribution is 2.22. The minimum atomic E-state index is 0.181. The van der Waals surface area contributed by atoms with Crippen molar-refractivity contribution in [3.63, 3.8) is 0 Å². The summed E-state index contributed by atoms with van der Waals surface area (Å²) in [7, 11) is 0. The third-order valence-electron chi connectivity index (χ3n) is 3.50. The monoisotopic (exact) mass is 281 g/mol. The molecule has 0 aliphatic carbocycles. The average molecular weight is 281 g/mol. The smallest absolute Gasteiger partial charge is 0.182 e. The number of benzene rings is 1. The largest absolute Gasteiger partial charge is 0.364 e. The molecule has 0 fully saturated rings. The van der Waals surface area contributed by atoms with E-state index in [0.717, 1.165) is 17.9 Å². The maximum absolute atomic E-state index is 4.26. The zero-order chi connectivity index (χ0) is 14.9. The zero-order valence-electron chi connectivity index (χ0n) is 12.5. The number of fused-ring (bicyclic) bond motifs is 1. The van der Waals surface area contributed by atoms with Crippen molar-refractivity contribution in [3.8, 4) is 0 Å². The van der Waals surface area contributed by atoms with Crippen LogP contribution in [0.4, 0.5) is 5.82 Å². The Labute approximate surface area is 123 Å². The summed E-state index contributed by atoms with van der Waals surface area (Å²) in [5, 5.41) is 3.33. The SMILES string of the molecule is CC(C)(C)c1ccc(CNc2ncnc3nc[nH]c23)cc1. The van der Waals surface area contributed by atoms with Crippen molar-refractivity contribution in [3.05, 3.63) is 48.0 Å². The summed E-state index contributed by atoms with van der Waals surface area (Å²) in [6.45, 7) is 7.37. The topological polar surface area (TPSA) is 66.5 Å². The lowest BCUT2D eigenvalue weighted by molar-refractivity contribution is 0.590. The second-order valence-electron chi connectivity index (χ2n) is 6.12. The molecule has 0 unspecified atom stereocenters. The van der Waals surface area contributed by atoms with Gasteiger partial charge in [-0.1, -0.05) is 45.0 Å². The van der Waals surface area contributed by atoms with Crippen LogP contribution in [0.25, 0.3) is 11.2 Å². The summed E-state index contributed by atoms with van der Waals surface area (Å²) in [4.78, 5) is 15.5. The van der Waals surface area contributed by atoms with Crippen LogP contribution in [0.1, 0.15) is 31.9 Å². The lowest BCUT2D eigenvalue weighted by Crippen LogP contribution is -2.11. The van der Waals surface area contributed by atoms with Gasteiger partial charge < -0.3 is 10.3 Å². The van der Waals surface area contributed by atoms with Crippen LogP contribution in [-0.4, -0.2) is 19.9 Å². The summed E-state index contributed by atoms with van der Waals surface area (Å²) < 4.78 is 0. The molecule has 21 heavy (non-hydrogen) atoms. The molecule has 0 saturated heterocycles. The molecule has 1 aromatic carbocycles. The minimum Gasteiger partial charge on any atom is -0.364 e. The molecule has 3 aromatic rings. The van der Waals surface area contributed by atoms with Crippen molar-refractivity contribution >= 4 is 17.0 Å². The van der Waals surface area contributed by atoms with Gasteiger partial charge >= 0.3 is 0 Å². The first-order chi connectivity index (χ1) is 10.0. The number of hydrogen-bond acceptors (Lipinski definition) is 4. The fourth-order valence-electron chi connectivity index (χ4n) is 2.21. The fraction of sp³-hybridized carbons (Fsp3) is 0.312. The van der Waals surface area contributed by atoms with Crippen LogP contribution >= 0.6 is 0 Å². The predicted molar refractivity (Wildman–Crippen MR) is 84.2 cm³/mol. The van der Waals surface area contributed by atoms with Gasteiger partial charge in [0.15, 0.2) is 11.5 Å². The van der Waals surface area contributed by atoms with Crippen LogP contribution < -0.4 is 5.32 Å². The molecule has 5 heteroatoms. The predicted octanol–water partition coefficient (Wildman–Crippen LogP) is 3.26. The third kappa shape index (κ3) is 2.86. The fourth-order valence-corrected chi connectivity index (χ4v) is 2.21. The highest BCUT2D eigenvalue weighted by atomic mass is 15.1. The van der Waals surface area contributed by atoms with Gasteiger partial charge in [0.2, 0.25) is 0 Å². The lowest BCUT2D eigenvalue weighted by Gasteiger charge is -2.19. The Hall–Kier alpha value is -2.43. The number of anilines is 1. The Morgan fingerprint density at radius 2 is 1.81 bits per heavy atom. The van der Waals surface area contributed by atoms with Gasteiger partial charge in [-0.25, -0.2) is 15.0 Å². The van der Waals surface area contributed by atoms with Crippen molar-refractivity contribution in [1.29, 1.82) is 0 Å². The molecule has 0 bridgehead atoms. The first kappa shape index (κ1) is 13.5. The number of imidazole rings is 1. The van der Waals surface area contributed by atoms with Crippen molar-refractivity contribution in [2.45, 2.75) is 32.7 Å². The lowest BCUT2D eigenvalue weighted by atomic mass is 9.87. The maximum atomic E-state index is 4.26. The average Bonchev–Trinajstić information content (AvgIpc) is 2.93. The highest BCUT2D eigenvalue weighted by molar-refractivity contribution is 5.81. The van der Waals surface area contributed by atoms with Gasteiger partial charge in [-0.05, 0) is 16.5 Å². The van der Waals surface area contributed by atoms with E-state index in [1.165, 1.54) is 17.5 Å². The zero-order valence-corrected chi connectivity index (χ0v) is 12.5. The maximum Gasteiger partial charge on any atom is 0.182 e. The summed E-state index contributed by atoms with van der Waals surface area (Å²) in [5.74, 6) is 0.775. The van der Waals surface area contributed by atoms with E-state index >= 15 is 0 Å². The Morgan fingerprint density at radius 3 is 2.52 bits per heavy atom. The number of nitrogens with zero attached hydrogens (tertiary/aromatic N) is 3. The summed E-state index contributed by atoms with van der Waals surface area (Å²) in [6.07, 6.45) is 3.15. The number of rotatable bonds is 3. The molecule has 0 amide bonds. The number of hydrogen-bond donors (Lipinski definition) is 2. The van der Waals surface area contributed by atoms with Gasteiger partial charge in [0.05, 0.1) is 6.33 Å². The molecular formula is C16H19N5. The molecule has 5 nitrogen and oxygen atoms in total. The first-order valence-electron chi connectivity index (χ1n) is 7.01. The van der Waals surface area contributed by atoms with E-state index in [2.05, 4.69) is 70.3 Å². The molecule has 2 aromatic heterocycles. The summed E-state index contributed by atoms with van der Waals surface area (Å²) in [6, 6.07) is 8.67. The molecule has 0 radical (unpaired) electrons. The third-order valence-corrected chi connectivity index (χ3v) is 3.50. The van der Waals surface area contributed by atoms with Crippen LogP contribution in [0.2, 0.25) is 0 Å². The van der Waals surface area contributed by atoms with E-state index in [-0.39, 0.29) is 5.41 Å². The molecular weight excluding hydrogens is 262 g/mol. The first-order valence-corrected chi connectivity index (χ1v) is 7.01. The Bertz CT molecular complexity index is 737. The van der Waals surface area contributed by atoms with E-state index in [1.54, 1.807) is 6.33 Å².